The van der Waals surface area contributed by atoms with Crippen LogP contribution in [0.2, 0.25) is 0 Å². The van der Waals surface area contributed by atoms with E-state index in [1.165, 1.54) is 11.3 Å². The summed E-state index contributed by atoms with van der Waals surface area (Å²) in [6.07, 6.45) is 3.44. The van der Waals surface area contributed by atoms with Gasteiger partial charge in [-0.2, -0.15) is 5.10 Å². The first-order valence-corrected chi connectivity index (χ1v) is 9.29. The Labute approximate surface area is 155 Å². The maximum atomic E-state index is 12.6. The molecule has 0 N–H and O–H groups in total. The summed E-state index contributed by atoms with van der Waals surface area (Å²) in [4.78, 5) is 30.3. The molecule has 0 spiro atoms. The van der Waals surface area contributed by atoms with Gasteiger partial charge in [0.15, 0.2) is 5.82 Å². The van der Waals surface area contributed by atoms with Crippen LogP contribution in [0.5, 0.6) is 0 Å². The number of anilines is 1. The second kappa shape index (κ2) is 6.83. The quantitative estimate of drug-likeness (QED) is 0.699. The van der Waals surface area contributed by atoms with Crippen LogP contribution < -0.4 is 4.90 Å². The van der Waals surface area contributed by atoms with Crippen LogP contribution in [0.4, 0.5) is 5.82 Å². The van der Waals surface area contributed by atoms with Crippen LogP contribution in [0.25, 0.3) is 5.82 Å². The van der Waals surface area contributed by atoms with Crippen LogP contribution in [0.1, 0.15) is 21.1 Å². The molecule has 3 aromatic heterocycles. The minimum atomic E-state index is 0.0695. The Balaban J connectivity index is 1.45. The van der Waals surface area contributed by atoms with E-state index in [2.05, 4.69) is 25.0 Å². The van der Waals surface area contributed by atoms with Gasteiger partial charge in [-0.1, -0.05) is 0 Å². The Morgan fingerprint density at radius 3 is 2.50 bits per heavy atom. The number of rotatable bonds is 3. The van der Waals surface area contributed by atoms with E-state index in [1.54, 1.807) is 16.5 Å². The van der Waals surface area contributed by atoms with E-state index in [9.17, 15) is 4.79 Å². The van der Waals surface area contributed by atoms with Crippen molar-refractivity contribution < 1.29 is 4.79 Å². The van der Waals surface area contributed by atoms with Crippen molar-refractivity contribution in [2.75, 3.05) is 31.1 Å². The average molecular weight is 369 g/mol. The number of hydrogen-bond donors (Lipinski definition) is 0. The standard InChI is InChI=1S/C17H19N7OS/c1-12-3-4-24(21-12)15-9-14(18-10-19-15)22-5-7-23(8-6-22)17(25)16-13(2)20-11-26-16/h3-4,9-11H,5-8H2,1-2H3. The van der Waals surface area contributed by atoms with Crippen molar-refractivity contribution in [3.05, 3.63) is 46.4 Å². The minimum Gasteiger partial charge on any atom is -0.353 e. The third-order valence-electron chi connectivity index (χ3n) is 4.43. The van der Waals surface area contributed by atoms with Crippen molar-refractivity contribution in [2.24, 2.45) is 0 Å². The van der Waals surface area contributed by atoms with Gasteiger partial charge in [-0.15, -0.1) is 11.3 Å². The van der Waals surface area contributed by atoms with Gasteiger partial charge in [0, 0.05) is 38.4 Å². The molecule has 0 bridgehead atoms. The summed E-state index contributed by atoms with van der Waals surface area (Å²) in [6.45, 7) is 6.61. The molecule has 4 rings (SSSR count). The number of aromatic nitrogens is 5. The lowest BCUT2D eigenvalue weighted by Gasteiger charge is -2.35. The smallest absolute Gasteiger partial charge is 0.265 e. The summed E-state index contributed by atoms with van der Waals surface area (Å²) in [7, 11) is 0. The van der Waals surface area contributed by atoms with Crippen LogP contribution in [-0.4, -0.2) is 61.7 Å². The van der Waals surface area contributed by atoms with Gasteiger partial charge < -0.3 is 9.80 Å². The highest BCUT2D eigenvalue weighted by molar-refractivity contribution is 7.11. The molecule has 0 unspecified atom stereocenters. The van der Waals surface area contributed by atoms with Crippen molar-refractivity contribution in [2.45, 2.75) is 13.8 Å². The number of amides is 1. The molecular formula is C17H19N7OS. The van der Waals surface area contributed by atoms with Crippen molar-refractivity contribution in [3.63, 3.8) is 0 Å². The van der Waals surface area contributed by atoms with Gasteiger partial charge >= 0.3 is 0 Å². The zero-order chi connectivity index (χ0) is 18.1. The molecule has 3 aromatic rings. The van der Waals surface area contributed by atoms with E-state index in [0.717, 1.165) is 41.0 Å². The Bertz CT molecular complexity index is 927. The molecule has 1 amide bonds. The highest BCUT2D eigenvalue weighted by Gasteiger charge is 2.25. The molecule has 1 aliphatic rings. The molecule has 8 nitrogen and oxygen atoms in total. The fraction of sp³-hybridized carbons (Fsp3) is 0.353. The summed E-state index contributed by atoms with van der Waals surface area (Å²) >= 11 is 1.40. The summed E-state index contributed by atoms with van der Waals surface area (Å²) in [5.41, 5.74) is 3.46. The van der Waals surface area contributed by atoms with Gasteiger partial charge in [0.05, 0.1) is 16.9 Å². The maximum absolute atomic E-state index is 12.6. The van der Waals surface area contributed by atoms with Crippen molar-refractivity contribution >= 4 is 23.1 Å². The molecule has 4 heterocycles. The fourth-order valence-electron chi connectivity index (χ4n) is 2.97. The van der Waals surface area contributed by atoms with Crippen LogP contribution in [-0.2, 0) is 0 Å². The molecule has 1 fully saturated rings. The van der Waals surface area contributed by atoms with Crippen molar-refractivity contribution in [3.8, 4) is 5.82 Å². The van der Waals surface area contributed by atoms with Crippen molar-refractivity contribution in [1.82, 2.24) is 29.6 Å². The van der Waals surface area contributed by atoms with E-state index in [0.29, 0.717) is 13.1 Å². The molecular weight excluding hydrogens is 350 g/mol. The lowest BCUT2D eigenvalue weighted by molar-refractivity contribution is 0.0750. The number of carbonyl (C=O) groups is 1. The van der Waals surface area contributed by atoms with Gasteiger partial charge in [0.2, 0.25) is 0 Å². The lowest BCUT2D eigenvalue weighted by Crippen LogP contribution is -2.49. The molecule has 0 radical (unpaired) electrons. The van der Waals surface area contributed by atoms with Crippen LogP contribution in [0.15, 0.2) is 30.2 Å². The second-order valence-electron chi connectivity index (χ2n) is 6.18. The molecule has 9 heteroatoms. The molecule has 0 aromatic carbocycles. The number of hydrogen-bond acceptors (Lipinski definition) is 7. The predicted molar refractivity (Wildman–Crippen MR) is 98.9 cm³/mol. The van der Waals surface area contributed by atoms with Gasteiger partial charge in [0.1, 0.15) is 17.0 Å². The van der Waals surface area contributed by atoms with Crippen LogP contribution in [0.3, 0.4) is 0 Å². The second-order valence-corrected chi connectivity index (χ2v) is 7.04. The highest BCUT2D eigenvalue weighted by atomic mass is 32.1. The Hall–Kier alpha value is -2.81. The Kier molecular flexibility index (Phi) is 4.37. The number of piperazine rings is 1. The minimum absolute atomic E-state index is 0.0695. The zero-order valence-electron chi connectivity index (χ0n) is 14.7. The van der Waals surface area contributed by atoms with Crippen molar-refractivity contribution in [1.29, 1.82) is 0 Å². The molecule has 0 aliphatic carbocycles. The van der Waals surface area contributed by atoms with Gasteiger partial charge in [-0.05, 0) is 19.9 Å². The number of carbonyl (C=O) groups excluding carboxylic acids is 1. The molecule has 134 valence electrons. The normalized spacial score (nSPS) is 14.7. The van der Waals surface area contributed by atoms with Crippen LogP contribution in [0, 0.1) is 13.8 Å². The molecule has 1 saturated heterocycles. The monoisotopic (exact) mass is 369 g/mol. The van der Waals surface area contributed by atoms with Crippen LogP contribution >= 0.6 is 11.3 Å². The molecule has 1 aliphatic heterocycles. The van der Waals surface area contributed by atoms with E-state index in [4.69, 9.17) is 0 Å². The average Bonchev–Trinajstić information content (AvgIpc) is 3.30. The number of aryl methyl sites for hydroxylation is 2. The Morgan fingerprint density at radius 1 is 1.08 bits per heavy atom. The third kappa shape index (κ3) is 3.17. The summed E-state index contributed by atoms with van der Waals surface area (Å²) in [5.74, 6) is 1.66. The molecule has 0 saturated carbocycles. The van der Waals surface area contributed by atoms with E-state index < -0.39 is 0 Å². The first-order chi connectivity index (χ1) is 12.6. The summed E-state index contributed by atoms with van der Waals surface area (Å²) in [5, 5.41) is 4.39. The summed E-state index contributed by atoms with van der Waals surface area (Å²) in [6, 6.07) is 3.87. The summed E-state index contributed by atoms with van der Waals surface area (Å²) < 4.78 is 1.74. The van der Waals surface area contributed by atoms with E-state index >= 15 is 0 Å². The number of nitrogens with zero attached hydrogens (tertiary/aromatic N) is 7. The third-order valence-corrected chi connectivity index (χ3v) is 5.34. The largest absolute Gasteiger partial charge is 0.353 e. The number of thiazole rings is 1. The SMILES string of the molecule is Cc1ccn(-c2cc(N3CCN(C(=O)c4scnc4C)CC3)ncn2)n1. The first kappa shape index (κ1) is 16.6. The molecule has 26 heavy (non-hydrogen) atoms. The predicted octanol–water partition coefficient (Wildman–Crippen LogP) is 1.70. The topological polar surface area (TPSA) is 80.0 Å². The van der Waals surface area contributed by atoms with Gasteiger partial charge in [-0.3, -0.25) is 4.79 Å². The van der Waals surface area contributed by atoms with Gasteiger partial charge in [-0.25, -0.2) is 19.6 Å². The lowest BCUT2D eigenvalue weighted by atomic mass is 10.2. The zero-order valence-corrected chi connectivity index (χ0v) is 15.5. The van der Waals surface area contributed by atoms with E-state index in [1.807, 2.05) is 37.1 Å². The first-order valence-electron chi connectivity index (χ1n) is 8.41. The van der Waals surface area contributed by atoms with Gasteiger partial charge in [0.25, 0.3) is 5.91 Å². The Morgan fingerprint density at radius 2 is 1.85 bits per heavy atom. The highest BCUT2D eigenvalue weighted by Crippen LogP contribution is 2.19. The maximum Gasteiger partial charge on any atom is 0.265 e. The van der Waals surface area contributed by atoms with E-state index in [-0.39, 0.29) is 5.91 Å². The molecule has 0 atom stereocenters. The fourth-order valence-corrected chi connectivity index (χ4v) is 3.74.